The average Bonchev–Trinajstić information content (AvgIpc) is 1.97. The Morgan fingerprint density at radius 1 is 1.25 bits per heavy atom. The molecule has 0 amide bonds. The quantitative estimate of drug-likeness (QED) is 0.819. The number of hydrogen-bond donors (Lipinski definition) is 2. The second kappa shape index (κ2) is 3.95. The van der Waals surface area contributed by atoms with Crippen LogP contribution in [0.3, 0.4) is 0 Å². The fraction of sp³-hybridized carbons (Fsp3) is 0.400. The van der Waals surface area contributed by atoms with Crippen molar-refractivity contribution in [3.8, 4) is 11.5 Å². The Morgan fingerprint density at radius 2 is 1.81 bits per heavy atom. The number of phenols is 1. The first-order valence-corrected chi connectivity index (χ1v) is 6.18. The van der Waals surface area contributed by atoms with Gasteiger partial charge in [-0.05, 0) is 20.8 Å². The Labute approximate surface area is 94.9 Å². The highest BCUT2D eigenvalue weighted by atomic mass is 32.2. The number of sulfonamides is 1. The number of hydrogen-bond acceptors (Lipinski definition) is 4. The van der Waals surface area contributed by atoms with E-state index < -0.39 is 15.6 Å². The molecule has 0 bridgehead atoms. The number of ether oxygens (including phenoxy) is 1. The van der Waals surface area contributed by atoms with Crippen molar-refractivity contribution in [1.82, 2.24) is 0 Å². The molecular weight excluding hydrogens is 230 g/mol. The molecule has 0 spiro atoms. The molecular formula is C10H15NO4S. The minimum absolute atomic E-state index is 0.174. The maximum atomic E-state index is 11.1. The van der Waals surface area contributed by atoms with E-state index in [2.05, 4.69) is 0 Å². The number of nitrogens with two attached hydrogens (primary N) is 1. The monoisotopic (exact) mass is 245 g/mol. The summed E-state index contributed by atoms with van der Waals surface area (Å²) in [4.78, 5) is -0.174. The highest BCUT2D eigenvalue weighted by Crippen LogP contribution is 2.26. The highest BCUT2D eigenvalue weighted by molar-refractivity contribution is 7.89. The highest BCUT2D eigenvalue weighted by Gasteiger charge is 2.16. The van der Waals surface area contributed by atoms with Crippen molar-refractivity contribution in [1.29, 1.82) is 0 Å². The molecule has 16 heavy (non-hydrogen) atoms. The predicted octanol–water partition coefficient (Wildman–Crippen LogP) is 1.22. The van der Waals surface area contributed by atoms with Gasteiger partial charge in [-0.15, -0.1) is 0 Å². The molecule has 5 nitrogen and oxygen atoms in total. The zero-order valence-corrected chi connectivity index (χ0v) is 10.2. The molecule has 1 rings (SSSR count). The van der Waals surface area contributed by atoms with Gasteiger partial charge in [0.05, 0.1) is 4.90 Å². The molecule has 3 N–H and O–H groups in total. The van der Waals surface area contributed by atoms with E-state index in [4.69, 9.17) is 9.88 Å². The van der Waals surface area contributed by atoms with Gasteiger partial charge in [-0.2, -0.15) is 0 Å². The van der Waals surface area contributed by atoms with Crippen LogP contribution in [0.5, 0.6) is 11.5 Å². The van der Waals surface area contributed by atoms with E-state index in [0.29, 0.717) is 0 Å². The molecule has 0 aliphatic rings. The van der Waals surface area contributed by atoms with Crippen molar-refractivity contribution in [2.24, 2.45) is 5.14 Å². The van der Waals surface area contributed by atoms with E-state index in [-0.39, 0.29) is 16.4 Å². The third-order valence-electron chi connectivity index (χ3n) is 1.62. The molecule has 0 fully saturated rings. The van der Waals surface area contributed by atoms with Crippen LogP contribution in [0.4, 0.5) is 0 Å². The summed E-state index contributed by atoms with van der Waals surface area (Å²) in [7, 11) is -3.84. The van der Waals surface area contributed by atoms with Gasteiger partial charge in [-0.25, -0.2) is 13.6 Å². The lowest BCUT2D eigenvalue weighted by molar-refractivity contribution is 0.130. The van der Waals surface area contributed by atoms with Gasteiger partial charge in [0.25, 0.3) is 0 Å². The third-order valence-corrected chi connectivity index (χ3v) is 2.51. The minimum atomic E-state index is -3.84. The van der Waals surface area contributed by atoms with Gasteiger partial charge in [0, 0.05) is 18.2 Å². The number of phenolic OH excluding ortho intramolecular Hbond substituents is 1. The fourth-order valence-corrected chi connectivity index (χ4v) is 1.70. The zero-order chi connectivity index (χ0) is 12.6. The van der Waals surface area contributed by atoms with Crippen molar-refractivity contribution in [2.75, 3.05) is 0 Å². The molecule has 0 aromatic heterocycles. The first-order chi connectivity index (χ1) is 7.08. The van der Waals surface area contributed by atoms with Gasteiger partial charge in [0.2, 0.25) is 10.0 Å². The van der Waals surface area contributed by atoms with Crippen molar-refractivity contribution < 1.29 is 18.3 Å². The molecule has 6 heteroatoms. The largest absolute Gasteiger partial charge is 0.508 e. The molecule has 0 saturated heterocycles. The van der Waals surface area contributed by atoms with Crippen molar-refractivity contribution in [2.45, 2.75) is 31.3 Å². The van der Waals surface area contributed by atoms with Crippen LogP contribution in [-0.2, 0) is 10.0 Å². The standard InChI is InChI=1S/C10H15NO4S/c1-10(2,3)15-8-4-7(12)5-9(6-8)16(11,13)14/h4-6,12H,1-3H3,(H2,11,13,14). The Morgan fingerprint density at radius 3 is 2.25 bits per heavy atom. The summed E-state index contributed by atoms with van der Waals surface area (Å²) in [5.74, 6) is 0.0577. The van der Waals surface area contributed by atoms with E-state index in [9.17, 15) is 13.5 Å². The molecule has 0 heterocycles. The van der Waals surface area contributed by atoms with Crippen molar-refractivity contribution >= 4 is 10.0 Å². The molecule has 1 aromatic carbocycles. The van der Waals surface area contributed by atoms with E-state index in [0.717, 1.165) is 6.07 Å². The van der Waals surface area contributed by atoms with Gasteiger partial charge in [0.1, 0.15) is 17.1 Å². The molecule has 0 aliphatic heterocycles. The summed E-state index contributed by atoms with van der Waals surface area (Å²) < 4.78 is 27.7. The minimum Gasteiger partial charge on any atom is -0.508 e. The van der Waals surface area contributed by atoms with Crippen molar-refractivity contribution in [3.63, 3.8) is 0 Å². The normalized spacial score (nSPS) is 12.5. The predicted molar refractivity (Wildman–Crippen MR) is 59.9 cm³/mol. The van der Waals surface area contributed by atoms with Crippen LogP contribution in [0, 0.1) is 0 Å². The second-order valence-electron chi connectivity index (χ2n) is 4.42. The molecule has 0 aliphatic carbocycles. The second-order valence-corrected chi connectivity index (χ2v) is 5.98. The summed E-state index contributed by atoms with van der Waals surface area (Å²) in [6, 6.07) is 3.69. The van der Waals surface area contributed by atoms with E-state index in [1.807, 2.05) is 20.8 Å². The van der Waals surface area contributed by atoms with E-state index in [1.54, 1.807) is 0 Å². The number of primary sulfonamides is 1. The van der Waals surface area contributed by atoms with Crippen LogP contribution in [0.25, 0.3) is 0 Å². The van der Waals surface area contributed by atoms with Gasteiger partial charge < -0.3 is 9.84 Å². The van der Waals surface area contributed by atoms with E-state index >= 15 is 0 Å². The Balaban J connectivity index is 3.19. The summed E-state index contributed by atoms with van der Waals surface area (Å²) in [5.41, 5.74) is -0.483. The van der Waals surface area contributed by atoms with Crippen LogP contribution >= 0.6 is 0 Å². The smallest absolute Gasteiger partial charge is 0.238 e. The summed E-state index contributed by atoms with van der Waals surface area (Å²) in [5, 5.41) is 14.3. The number of rotatable bonds is 2. The molecule has 0 saturated carbocycles. The van der Waals surface area contributed by atoms with Gasteiger partial charge >= 0.3 is 0 Å². The number of aromatic hydroxyl groups is 1. The summed E-state index contributed by atoms with van der Waals surface area (Å²) in [6.45, 7) is 5.44. The van der Waals surface area contributed by atoms with Gasteiger partial charge in [-0.3, -0.25) is 0 Å². The Bertz CT molecular complexity index is 488. The Kier molecular flexibility index (Phi) is 3.16. The van der Waals surface area contributed by atoms with Crippen LogP contribution in [-0.4, -0.2) is 19.1 Å². The van der Waals surface area contributed by atoms with Crippen LogP contribution in [0.1, 0.15) is 20.8 Å². The molecule has 0 atom stereocenters. The summed E-state index contributed by atoms with van der Waals surface area (Å²) in [6.07, 6.45) is 0. The molecule has 1 aromatic rings. The number of benzene rings is 1. The third kappa shape index (κ3) is 3.71. The first kappa shape index (κ1) is 12.8. The van der Waals surface area contributed by atoms with E-state index in [1.165, 1.54) is 12.1 Å². The lowest BCUT2D eigenvalue weighted by atomic mass is 10.2. The van der Waals surface area contributed by atoms with Crippen molar-refractivity contribution in [3.05, 3.63) is 18.2 Å². The maximum Gasteiger partial charge on any atom is 0.238 e. The lowest BCUT2D eigenvalue weighted by Crippen LogP contribution is -2.23. The zero-order valence-electron chi connectivity index (χ0n) is 9.39. The SMILES string of the molecule is CC(C)(C)Oc1cc(O)cc(S(N)(=O)=O)c1. The van der Waals surface area contributed by atoms with Gasteiger partial charge in [-0.1, -0.05) is 0 Å². The van der Waals surface area contributed by atoms with Crippen LogP contribution < -0.4 is 9.88 Å². The first-order valence-electron chi connectivity index (χ1n) is 4.64. The Hall–Kier alpha value is -1.27. The molecule has 90 valence electrons. The molecule has 0 radical (unpaired) electrons. The maximum absolute atomic E-state index is 11.1. The van der Waals surface area contributed by atoms with Crippen LogP contribution in [0.15, 0.2) is 23.1 Å². The fourth-order valence-electron chi connectivity index (χ4n) is 1.13. The summed E-state index contributed by atoms with van der Waals surface area (Å²) >= 11 is 0. The van der Waals surface area contributed by atoms with Crippen LogP contribution in [0.2, 0.25) is 0 Å². The lowest BCUT2D eigenvalue weighted by Gasteiger charge is -2.21. The topological polar surface area (TPSA) is 89.6 Å². The molecule has 0 unspecified atom stereocenters. The van der Waals surface area contributed by atoms with Gasteiger partial charge in [0.15, 0.2) is 0 Å². The average molecular weight is 245 g/mol.